The highest BCUT2D eigenvalue weighted by Gasteiger charge is 2.33. The zero-order valence-electron chi connectivity index (χ0n) is 11.9. The Kier molecular flexibility index (Phi) is 3.93. The van der Waals surface area contributed by atoms with Crippen LogP contribution in [0.1, 0.15) is 34.3 Å². The van der Waals surface area contributed by atoms with E-state index in [4.69, 9.17) is 11.6 Å². The molecule has 2 aromatic rings. The van der Waals surface area contributed by atoms with Gasteiger partial charge in [-0.3, -0.25) is 9.78 Å². The van der Waals surface area contributed by atoms with E-state index in [9.17, 15) is 4.79 Å². The highest BCUT2D eigenvalue weighted by molar-refractivity contribution is 6.33. The number of amides is 1. The van der Waals surface area contributed by atoms with Gasteiger partial charge in [0.2, 0.25) is 0 Å². The Labute approximate surface area is 129 Å². The van der Waals surface area contributed by atoms with Crippen LogP contribution in [0.25, 0.3) is 0 Å². The third-order valence-corrected chi connectivity index (χ3v) is 4.03. The smallest absolute Gasteiger partial charge is 0.256 e. The maximum atomic E-state index is 12.7. The zero-order valence-corrected chi connectivity index (χ0v) is 12.7. The van der Waals surface area contributed by atoms with E-state index >= 15 is 0 Å². The van der Waals surface area contributed by atoms with Crippen LogP contribution >= 0.6 is 11.6 Å². The molecule has 108 valence electrons. The minimum atomic E-state index is -0.00882. The summed E-state index contributed by atoms with van der Waals surface area (Å²) in [4.78, 5) is 18.6. The third kappa shape index (κ3) is 3.24. The Hall–Kier alpha value is -1.87. The van der Waals surface area contributed by atoms with Gasteiger partial charge in [-0.15, -0.1) is 0 Å². The van der Waals surface area contributed by atoms with E-state index in [2.05, 4.69) is 36.2 Å². The first-order valence-electron chi connectivity index (χ1n) is 7.11. The Morgan fingerprint density at radius 2 is 2.00 bits per heavy atom. The fourth-order valence-corrected chi connectivity index (χ4v) is 2.55. The molecule has 1 aromatic heterocycles. The number of hydrogen-bond donors (Lipinski definition) is 0. The molecule has 0 aliphatic heterocycles. The Morgan fingerprint density at radius 3 is 2.62 bits per heavy atom. The number of aryl methyl sites for hydroxylation is 1. The molecule has 0 bridgehead atoms. The first-order chi connectivity index (χ1) is 10.1. The van der Waals surface area contributed by atoms with E-state index in [0.29, 0.717) is 23.2 Å². The van der Waals surface area contributed by atoms with E-state index in [0.717, 1.165) is 18.4 Å². The summed E-state index contributed by atoms with van der Waals surface area (Å²) >= 11 is 6.10. The van der Waals surface area contributed by atoms with Gasteiger partial charge in [0.1, 0.15) is 0 Å². The van der Waals surface area contributed by atoms with Crippen LogP contribution in [0.2, 0.25) is 5.02 Å². The summed E-state index contributed by atoms with van der Waals surface area (Å²) in [5, 5.41) is 0.414. The van der Waals surface area contributed by atoms with Crippen molar-refractivity contribution in [1.29, 1.82) is 0 Å². The van der Waals surface area contributed by atoms with Crippen molar-refractivity contribution < 1.29 is 4.79 Å². The average molecular weight is 301 g/mol. The average Bonchev–Trinajstić information content (AvgIpc) is 3.31. The normalized spacial score (nSPS) is 14.0. The molecule has 1 aliphatic carbocycles. The van der Waals surface area contributed by atoms with Crippen LogP contribution < -0.4 is 0 Å². The molecule has 4 heteroatoms. The molecule has 1 fully saturated rings. The molecule has 1 saturated carbocycles. The number of hydrogen-bond acceptors (Lipinski definition) is 2. The maximum Gasteiger partial charge on any atom is 0.256 e. The van der Waals surface area contributed by atoms with Crippen molar-refractivity contribution in [3.8, 4) is 0 Å². The predicted molar refractivity (Wildman–Crippen MR) is 83.3 cm³/mol. The van der Waals surface area contributed by atoms with Crippen molar-refractivity contribution in [2.24, 2.45) is 0 Å². The second-order valence-corrected chi connectivity index (χ2v) is 5.91. The topological polar surface area (TPSA) is 33.2 Å². The van der Waals surface area contributed by atoms with Gasteiger partial charge in [-0.1, -0.05) is 41.4 Å². The monoisotopic (exact) mass is 300 g/mol. The number of carbonyl (C=O) groups is 1. The first-order valence-corrected chi connectivity index (χ1v) is 7.49. The second-order valence-electron chi connectivity index (χ2n) is 5.51. The van der Waals surface area contributed by atoms with Gasteiger partial charge in [0.15, 0.2) is 0 Å². The summed E-state index contributed by atoms with van der Waals surface area (Å²) in [7, 11) is 0. The van der Waals surface area contributed by atoms with Gasteiger partial charge in [-0.05, 0) is 31.4 Å². The molecule has 3 nitrogen and oxygen atoms in total. The summed E-state index contributed by atoms with van der Waals surface area (Å²) < 4.78 is 0. The number of rotatable bonds is 4. The van der Waals surface area contributed by atoms with E-state index in [1.807, 2.05) is 4.90 Å². The lowest BCUT2D eigenvalue weighted by molar-refractivity contribution is 0.0730. The summed E-state index contributed by atoms with van der Waals surface area (Å²) in [6.45, 7) is 2.69. The molecule has 0 atom stereocenters. The van der Waals surface area contributed by atoms with Crippen LogP contribution in [0.5, 0.6) is 0 Å². The highest BCUT2D eigenvalue weighted by atomic mass is 35.5. The minimum Gasteiger partial charge on any atom is -0.331 e. The minimum absolute atomic E-state index is 0.00882. The summed E-state index contributed by atoms with van der Waals surface area (Å²) in [5.41, 5.74) is 2.90. The van der Waals surface area contributed by atoms with Crippen molar-refractivity contribution in [2.45, 2.75) is 32.4 Å². The molecule has 0 N–H and O–H groups in total. The van der Waals surface area contributed by atoms with Gasteiger partial charge in [0.25, 0.3) is 5.91 Å². The van der Waals surface area contributed by atoms with Gasteiger partial charge in [-0.2, -0.15) is 0 Å². The van der Waals surface area contributed by atoms with Gasteiger partial charge < -0.3 is 4.90 Å². The number of benzene rings is 1. The van der Waals surface area contributed by atoms with Gasteiger partial charge >= 0.3 is 0 Å². The predicted octanol–water partition coefficient (Wildman–Crippen LogP) is 3.85. The molecule has 1 aromatic carbocycles. The van der Waals surface area contributed by atoms with E-state index in [1.165, 1.54) is 11.8 Å². The molecule has 1 heterocycles. The van der Waals surface area contributed by atoms with E-state index < -0.39 is 0 Å². The molecule has 0 unspecified atom stereocenters. The van der Waals surface area contributed by atoms with Crippen molar-refractivity contribution in [1.82, 2.24) is 9.88 Å². The fourth-order valence-electron chi connectivity index (χ4n) is 2.35. The van der Waals surface area contributed by atoms with Crippen molar-refractivity contribution in [2.75, 3.05) is 0 Å². The van der Waals surface area contributed by atoms with Crippen molar-refractivity contribution in [3.63, 3.8) is 0 Å². The lowest BCUT2D eigenvalue weighted by atomic mass is 10.1. The highest BCUT2D eigenvalue weighted by Crippen LogP contribution is 2.31. The van der Waals surface area contributed by atoms with Gasteiger partial charge in [0, 0.05) is 25.0 Å². The molecular weight excluding hydrogens is 284 g/mol. The molecule has 0 saturated heterocycles. The van der Waals surface area contributed by atoms with Crippen molar-refractivity contribution in [3.05, 3.63) is 64.4 Å². The van der Waals surface area contributed by atoms with Crippen LogP contribution in [-0.4, -0.2) is 21.8 Å². The van der Waals surface area contributed by atoms with Crippen LogP contribution in [0.15, 0.2) is 42.7 Å². The number of pyridine rings is 1. The zero-order chi connectivity index (χ0) is 14.8. The number of nitrogens with zero attached hydrogens (tertiary/aromatic N) is 2. The molecule has 1 aliphatic rings. The van der Waals surface area contributed by atoms with Crippen LogP contribution in [0.3, 0.4) is 0 Å². The maximum absolute atomic E-state index is 12.7. The summed E-state index contributed by atoms with van der Waals surface area (Å²) in [6.07, 6.45) is 5.27. The molecule has 0 spiro atoms. The second kappa shape index (κ2) is 5.86. The van der Waals surface area contributed by atoms with Crippen LogP contribution in [0.4, 0.5) is 0 Å². The van der Waals surface area contributed by atoms with Crippen LogP contribution in [-0.2, 0) is 6.54 Å². The molecule has 1 amide bonds. The summed E-state index contributed by atoms with van der Waals surface area (Å²) in [6, 6.07) is 10.3. The molecule has 3 rings (SSSR count). The van der Waals surface area contributed by atoms with Gasteiger partial charge in [-0.25, -0.2) is 0 Å². The SMILES string of the molecule is Cc1ccc(CN(C(=O)c2ccncc2Cl)C2CC2)cc1. The van der Waals surface area contributed by atoms with E-state index in [1.54, 1.807) is 12.3 Å². The fraction of sp³-hybridized carbons (Fsp3) is 0.294. The number of halogens is 1. The van der Waals surface area contributed by atoms with Gasteiger partial charge in [0.05, 0.1) is 10.6 Å². The van der Waals surface area contributed by atoms with Crippen LogP contribution in [0, 0.1) is 6.92 Å². The lowest BCUT2D eigenvalue weighted by Crippen LogP contribution is -2.32. The lowest BCUT2D eigenvalue weighted by Gasteiger charge is -2.23. The standard InChI is InChI=1S/C17H17ClN2O/c1-12-2-4-13(5-3-12)11-20(14-6-7-14)17(21)15-8-9-19-10-16(15)18/h2-5,8-10,14H,6-7,11H2,1H3. The third-order valence-electron chi connectivity index (χ3n) is 3.72. The molecular formula is C17H17ClN2O. The first kappa shape index (κ1) is 14.1. The Balaban J connectivity index is 1.83. The summed E-state index contributed by atoms with van der Waals surface area (Å²) in [5.74, 6) is -0.00882. The largest absolute Gasteiger partial charge is 0.331 e. The number of aromatic nitrogens is 1. The quantitative estimate of drug-likeness (QED) is 0.859. The molecule has 0 radical (unpaired) electrons. The van der Waals surface area contributed by atoms with E-state index in [-0.39, 0.29) is 5.91 Å². The number of carbonyl (C=O) groups excluding carboxylic acids is 1. The molecule has 21 heavy (non-hydrogen) atoms. The Bertz CT molecular complexity index is 650. The Morgan fingerprint density at radius 1 is 1.29 bits per heavy atom. The van der Waals surface area contributed by atoms with Crippen molar-refractivity contribution >= 4 is 17.5 Å².